The van der Waals surface area contributed by atoms with Gasteiger partial charge in [0.15, 0.2) is 0 Å². The SMILES string of the molecule is C[C@]12CC[C@H](O)C[C@@H]1C[C@H](O)[C@@H]1[C@@H]2CC[C@]2(C)C=CC[C@@H]12. The molecule has 3 saturated carbocycles. The van der Waals surface area contributed by atoms with Crippen LogP contribution in [-0.2, 0) is 0 Å². The van der Waals surface area contributed by atoms with E-state index in [4.69, 9.17) is 0 Å². The second kappa shape index (κ2) is 4.58. The van der Waals surface area contributed by atoms with E-state index in [9.17, 15) is 10.2 Å². The summed E-state index contributed by atoms with van der Waals surface area (Å²) in [4.78, 5) is 0. The van der Waals surface area contributed by atoms with Crippen molar-refractivity contribution in [3.8, 4) is 0 Å². The summed E-state index contributed by atoms with van der Waals surface area (Å²) >= 11 is 0. The summed E-state index contributed by atoms with van der Waals surface area (Å²) in [5.74, 6) is 2.32. The quantitative estimate of drug-likeness (QED) is 0.670. The van der Waals surface area contributed by atoms with Gasteiger partial charge in [0.2, 0.25) is 0 Å². The minimum absolute atomic E-state index is 0.131. The molecule has 118 valence electrons. The van der Waals surface area contributed by atoms with Crippen LogP contribution in [0.2, 0.25) is 0 Å². The molecule has 8 atom stereocenters. The zero-order valence-electron chi connectivity index (χ0n) is 13.5. The Balaban J connectivity index is 1.67. The standard InChI is InChI=1S/C19H30O2/c1-18-7-3-4-14(18)17-15(6-8-18)19(2)9-5-13(20)10-12(19)11-16(17)21/h3,7,12-17,20-21H,4-6,8-11H2,1-2H3/t12-,13+,14+,15+,16+,17+,18+,19+/m1/s1. The molecule has 0 bridgehead atoms. The minimum atomic E-state index is -0.150. The first-order valence-corrected chi connectivity index (χ1v) is 8.98. The molecule has 0 amide bonds. The number of allylic oxidation sites excluding steroid dienone is 2. The maximum Gasteiger partial charge on any atom is 0.0577 e. The van der Waals surface area contributed by atoms with Crippen molar-refractivity contribution in [3.63, 3.8) is 0 Å². The fraction of sp³-hybridized carbons (Fsp3) is 0.895. The molecule has 0 aromatic heterocycles. The lowest BCUT2D eigenvalue weighted by molar-refractivity contribution is -0.164. The van der Waals surface area contributed by atoms with E-state index in [0.717, 1.165) is 32.1 Å². The van der Waals surface area contributed by atoms with Crippen molar-refractivity contribution in [1.29, 1.82) is 0 Å². The number of fused-ring (bicyclic) bond motifs is 5. The number of aliphatic hydroxyl groups is 2. The van der Waals surface area contributed by atoms with Crippen molar-refractivity contribution < 1.29 is 10.2 Å². The van der Waals surface area contributed by atoms with Gasteiger partial charge in [0.25, 0.3) is 0 Å². The van der Waals surface area contributed by atoms with Gasteiger partial charge in [-0.3, -0.25) is 0 Å². The van der Waals surface area contributed by atoms with Crippen molar-refractivity contribution >= 4 is 0 Å². The van der Waals surface area contributed by atoms with Crippen LogP contribution in [0.15, 0.2) is 12.2 Å². The van der Waals surface area contributed by atoms with Crippen molar-refractivity contribution in [2.75, 3.05) is 0 Å². The summed E-state index contributed by atoms with van der Waals surface area (Å²) in [6.07, 6.45) is 12.2. The van der Waals surface area contributed by atoms with Crippen LogP contribution < -0.4 is 0 Å². The molecule has 0 spiro atoms. The number of rotatable bonds is 0. The van der Waals surface area contributed by atoms with E-state index in [1.807, 2.05) is 0 Å². The van der Waals surface area contributed by atoms with Gasteiger partial charge in [-0.1, -0.05) is 26.0 Å². The maximum absolute atomic E-state index is 10.9. The third-order valence-electron chi connectivity index (χ3n) is 7.98. The monoisotopic (exact) mass is 290 g/mol. The molecule has 0 aromatic rings. The lowest BCUT2D eigenvalue weighted by Gasteiger charge is -2.61. The van der Waals surface area contributed by atoms with Gasteiger partial charge in [-0.15, -0.1) is 0 Å². The normalized spacial score (nSPS) is 59.2. The second-order valence-electron chi connectivity index (χ2n) is 8.91. The number of hydrogen-bond acceptors (Lipinski definition) is 2. The van der Waals surface area contributed by atoms with Crippen LogP contribution >= 0.6 is 0 Å². The van der Waals surface area contributed by atoms with Crippen LogP contribution in [0.4, 0.5) is 0 Å². The predicted molar refractivity (Wildman–Crippen MR) is 83.6 cm³/mol. The van der Waals surface area contributed by atoms with Crippen molar-refractivity contribution in [2.45, 2.75) is 71.0 Å². The van der Waals surface area contributed by atoms with Gasteiger partial charge in [-0.2, -0.15) is 0 Å². The van der Waals surface area contributed by atoms with E-state index in [1.54, 1.807) is 0 Å². The summed E-state index contributed by atoms with van der Waals surface area (Å²) < 4.78 is 0. The average molecular weight is 290 g/mol. The van der Waals surface area contributed by atoms with E-state index in [-0.39, 0.29) is 12.2 Å². The molecule has 0 heterocycles. The highest BCUT2D eigenvalue weighted by Gasteiger charge is 2.59. The Hall–Kier alpha value is -0.340. The molecule has 0 saturated heterocycles. The summed E-state index contributed by atoms with van der Waals surface area (Å²) in [6.45, 7) is 4.88. The van der Waals surface area contributed by atoms with Crippen LogP contribution in [0.5, 0.6) is 0 Å². The largest absolute Gasteiger partial charge is 0.393 e. The van der Waals surface area contributed by atoms with Crippen LogP contribution in [0.25, 0.3) is 0 Å². The first-order chi connectivity index (χ1) is 9.94. The van der Waals surface area contributed by atoms with Crippen LogP contribution in [0.3, 0.4) is 0 Å². The molecular formula is C19H30O2. The Morgan fingerprint density at radius 3 is 2.62 bits per heavy atom. The molecule has 0 aromatic carbocycles. The Morgan fingerprint density at radius 2 is 1.81 bits per heavy atom. The maximum atomic E-state index is 10.9. The molecule has 21 heavy (non-hydrogen) atoms. The third-order valence-corrected chi connectivity index (χ3v) is 7.98. The summed E-state index contributed by atoms with van der Waals surface area (Å²) in [5, 5.41) is 20.9. The smallest absolute Gasteiger partial charge is 0.0577 e. The van der Waals surface area contributed by atoms with E-state index < -0.39 is 0 Å². The van der Waals surface area contributed by atoms with Crippen LogP contribution in [0, 0.1) is 34.5 Å². The second-order valence-corrected chi connectivity index (χ2v) is 8.91. The molecule has 2 N–H and O–H groups in total. The van der Waals surface area contributed by atoms with E-state index >= 15 is 0 Å². The Kier molecular flexibility index (Phi) is 3.11. The van der Waals surface area contributed by atoms with E-state index in [0.29, 0.717) is 34.5 Å². The van der Waals surface area contributed by atoms with Gasteiger partial charge < -0.3 is 10.2 Å². The zero-order valence-corrected chi connectivity index (χ0v) is 13.5. The Labute approximate surface area is 128 Å². The van der Waals surface area contributed by atoms with E-state index in [2.05, 4.69) is 26.0 Å². The fourth-order valence-electron chi connectivity index (χ4n) is 6.69. The molecule has 0 radical (unpaired) electrons. The van der Waals surface area contributed by atoms with Crippen LogP contribution in [0.1, 0.15) is 58.8 Å². The molecule has 0 aliphatic heterocycles. The van der Waals surface area contributed by atoms with Gasteiger partial charge >= 0.3 is 0 Å². The molecular weight excluding hydrogens is 260 g/mol. The van der Waals surface area contributed by atoms with Gasteiger partial charge in [-0.05, 0) is 79.4 Å². The summed E-state index contributed by atoms with van der Waals surface area (Å²) in [5.41, 5.74) is 0.687. The first kappa shape index (κ1) is 14.3. The molecule has 2 heteroatoms. The predicted octanol–water partition coefficient (Wildman–Crippen LogP) is 3.53. The molecule has 4 rings (SSSR count). The lowest BCUT2D eigenvalue weighted by Crippen LogP contribution is -2.58. The van der Waals surface area contributed by atoms with Crippen LogP contribution in [-0.4, -0.2) is 22.4 Å². The van der Waals surface area contributed by atoms with Crippen molar-refractivity contribution in [1.82, 2.24) is 0 Å². The third kappa shape index (κ3) is 1.91. The highest BCUT2D eigenvalue weighted by Crippen LogP contribution is 2.64. The van der Waals surface area contributed by atoms with Crippen molar-refractivity contribution in [3.05, 3.63) is 12.2 Å². The number of aliphatic hydroxyl groups excluding tert-OH is 2. The number of hydrogen-bond donors (Lipinski definition) is 2. The molecule has 4 aliphatic carbocycles. The fourth-order valence-corrected chi connectivity index (χ4v) is 6.69. The van der Waals surface area contributed by atoms with Gasteiger partial charge in [0.1, 0.15) is 0 Å². The van der Waals surface area contributed by atoms with Gasteiger partial charge in [-0.25, -0.2) is 0 Å². The lowest BCUT2D eigenvalue weighted by atomic mass is 9.44. The highest BCUT2D eigenvalue weighted by atomic mass is 16.3. The van der Waals surface area contributed by atoms with Gasteiger partial charge in [0.05, 0.1) is 12.2 Å². The minimum Gasteiger partial charge on any atom is -0.393 e. The average Bonchev–Trinajstić information content (AvgIpc) is 2.82. The van der Waals surface area contributed by atoms with Gasteiger partial charge in [0, 0.05) is 0 Å². The zero-order chi connectivity index (χ0) is 14.8. The molecule has 0 unspecified atom stereocenters. The summed E-state index contributed by atoms with van der Waals surface area (Å²) in [7, 11) is 0. The molecule has 3 fully saturated rings. The Morgan fingerprint density at radius 1 is 1.00 bits per heavy atom. The molecule has 4 aliphatic rings. The highest BCUT2D eigenvalue weighted by molar-refractivity contribution is 5.17. The topological polar surface area (TPSA) is 40.5 Å². The summed E-state index contributed by atoms with van der Waals surface area (Å²) in [6, 6.07) is 0. The molecule has 2 nitrogen and oxygen atoms in total. The first-order valence-electron chi connectivity index (χ1n) is 8.98. The van der Waals surface area contributed by atoms with Crippen molar-refractivity contribution in [2.24, 2.45) is 34.5 Å². The Bertz CT molecular complexity index is 458. The van der Waals surface area contributed by atoms with E-state index in [1.165, 1.54) is 12.8 Å².